The third-order valence-corrected chi connectivity index (χ3v) is 2.38. The van der Waals surface area contributed by atoms with Crippen LogP contribution in [0.4, 0.5) is 0 Å². The number of ether oxygens (including phenoxy) is 1. The molecule has 0 aliphatic carbocycles. The van der Waals surface area contributed by atoms with Gasteiger partial charge in [-0.3, -0.25) is 0 Å². The Morgan fingerprint density at radius 1 is 1.36 bits per heavy atom. The van der Waals surface area contributed by atoms with Gasteiger partial charge in [0.2, 0.25) is 0 Å². The molecule has 0 aromatic heterocycles. The minimum Gasteiger partial charge on any atom is -0.504 e. The van der Waals surface area contributed by atoms with E-state index in [9.17, 15) is 5.11 Å². The second-order valence-electron chi connectivity index (χ2n) is 3.64. The summed E-state index contributed by atoms with van der Waals surface area (Å²) in [5.41, 5.74) is 1.51. The first-order valence-electron chi connectivity index (χ1n) is 4.58. The van der Waals surface area contributed by atoms with Crippen molar-refractivity contribution in [1.29, 1.82) is 0 Å². The van der Waals surface area contributed by atoms with Crippen LogP contribution in [0.1, 0.15) is 25.0 Å². The van der Waals surface area contributed by atoms with Gasteiger partial charge in [0, 0.05) is 10.6 Å². The molecular formula is C11H15ClO2. The summed E-state index contributed by atoms with van der Waals surface area (Å²) in [6.07, 6.45) is 0.0418. The molecule has 0 atom stereocenters. The first kappa shape index (κ1) is 11.2. The number of aromatic hydroxyl groups is 1. The van der Waals surface area contributed by atoms with Crippen molar-refractivity contribution in [1.82, 2.24) is 0 Å². The number of phenolic OH excluding ortho intramolecular Hbond substituents is 1. The van der Waals surface area contributed by atoms with Gasteiger partial charge >= 0.3 is 0 Å². The topological polar surface area (TPSA) is 29.5 Å². The Morgan fingerprint density at radius 3 is 2.43 bits per heavy atom. The zero-order chi connectivity index (χ0) is 10.9. The van der Waals surface area contributed by atoms with E-state index in [1.165, 1.54) is 0 Å². The summed E-state index contributed by atoms with van der Waals surface area (Å²) in [7, 11) is 0. The van der Waals surface area contributed by atoms with E-state index in [0.717, 1.165) is 5.56 Å². The maximum absolute atomic E-state index is 9.80. The number of rotatable bonds is 2. The summed E-state index contributed by atoms with van der Waals surface area (Å²) in [6, 6.07) is 1.80. The average molecular weight is 215 g/mol. The summed E-state index contributed by atoms with van der Waals surface area (Å²) in [6.45, 7) is 7.47. The third-order valence-electron chi connectivity index (χ3n) is 1.98. The van der Waals surface area contributed by atoms with Gasteiger partial charge in [-0.2, -0.15) is 0 Å². The highest BCUT2D eigenvalue weighted by molar-refractivity contribution is 6.31. The van der Waals surface area contributed by atoms with Crippen molar-refractivity contribution in [3.05, 3.63) is 22.2 Å². The van der Waals surface area contributed by atoms with Crippen LogP contribution in [0.5, 0.6) is 11.5 Å². The van der Waals surface area contributed by atoms with Crippen molar-refractivity contribution in [2.45, 2.75) is 33.8 Å². The van der Waals surface area contributed by atoms with Gasteiger partial charge in [-0.05, 0) is 39.3 Å². The quantitative estimate of drug-likeness (QED) is 0.817. The molecule has 0 amide bonds. The number of hydrogen-bond acceptors (Lipinski definition) is 2. The fourth-order valence-corrected chi connectivity index (χ4v) is 1.47. The Bertz CT molecular complexity index is 346. The summed E-state index contributed by atoms with van der Waals surface area (Å²) in [5, 5.41) is 10.4. The first-order valence-corrected chi connectivity index (χ1v) is 4.96. The fraction of sp³-hybridized carbons (Fsp3) is 0.455. The van der Waals surface area contributed by atoms with Crippen LogP contribution in [-0.2, 0) is 0 Å². The number of hydrogen-bond donors (Lipinski definition) is 1. The highest BCUT2D eigenvalue weighted by atomic mass is 35.5. The zero-order valence-electron chi connectivity index (χ0n) is 8.89. The van der Waals surface area contributed by atoms with Crippen LogP contribution in [0.3, 0.4) is 0 Å². The molecule has 0 radical (unpaired) electrons. The molecule has 0 heterocycles. The Kier molecular flexibility index (Phi) is 3.27. The van der Waals surface area contributed by atoms with E-state index in [0.29, 0.717) is 16.3 Å². The van der Waals surface area contributed by atoms with E-state index in [1.54, 1.807) is 13.0 Å². The van der Waals surface area contributed by atoms with Gasteiger partial charge in [0.1, 0.15) is 0 Å². The smallest absolute Gasteiger partial charge is 0.164 e. The van der Waals surface area contributed by atoms with Gasteiger partial charge < -0.3 is 9.84 Å². The molecule has 1 aromatic carbocycles. The van der Waals surface area contributed by atoms with Crippen molar-refractivity contribution >= 4 is 11.6 Å². The maximum atomic E-state index is 9.80. The minimum absolute atomic E-state index is 0.0418. The molecule has 14 heavy (non-hydrogen) atoms. The molecule has 0 spiro atoms. The van der Waals surface area contributed by atoms with Crippen molar-refractivity contribution in [2.24, 2.45) is 0 Å². The van der Waals surface area contributed by atoms with E-state index >= 15 is 0 Å². The van der Waals surface area contributed by atoms with Crippen LogP contribution >= 0.6 is 11.6 Å². The number of benzene rings is 1. The SMILES string of the molecule is Cc1cc(Cl)c(C)c(O)c1OC(C)C. The second-order valence-corrected chi connectivity index (χ2v) is 4.05. The Hall–Kier alpha value is -0.890. The zero-order valence-corrected chi connectivity index (χ0v) is 9.64. The molecule has 0 fully saturated rings. The van der Waals surface area contributed by atoms with Crippen molar-refractivity contribution in [2.75, 3.05) is 0 Å². The predicted octanol–water partition coefficient (Wildman–Crippen LogP) is 3.45. The van der Waals surface area contributed by atoms with E-state index < -0.39 is 0 Å². The van der Waals surface area contributed by atoms with Crippen LogP contribution < -0.4 is 4.74 Å². The summed E-state index contributed by atoms with van der Waals surface area (Å²) >= 11 is 5.91. The lowest BCUT2D eigenvalue weighted by Crippen LogP contribution is -2.07. The molecule has 1 rings (SSSR count). The van der Waals surface area contributed by atoms with E-state index in [-0.39, 0.29) is 11.9 Å². The third kappa shape index (κ3) is 2.13. The molecule has 1 N–H and O–H groups in total. The highest BCUT2D eigenvalue weighted by Gasteiger charge is 2.13. The lowest BCUT2D eigenvalue weighted by atomic mass is 10.1. The molecule has 2 nitrogen and oxygen atoms in total. The molecule has 0 unspecified atom stereocenters. The molecule has 0 bridgehead atoms. The van der Waals surface area contributed by atoms with Gasteiger partial charge in [-0.25, -0.2) is 0 Å². The fourth-order valence-electron chi connectivity index (χ4n) is 1.22. The molecule has 0 saturated heterocycles. The number of halogens is 1. The molecule has 3 heteroatoms. The van der Waals surface area contributed by atoms with Crippen molar-refractivity contribution in [3.8, 4) is 11.5 Å². The normalized spacial score (nSPS) is 10.7. The standard InChI is InChI=1S/C11H15ClO2/c1-6(2)14-11-7(3)5-9(12)8(4)10(11)13/h5-6,13H,1-4H3. The van der Waals surface area contributed by atoms with E-state index in [2.05, 4.69) is 0 Å². The second kappa shape index (κ2) is 4.09. The van der Waals surface area contributed by atoms with Crippen molar-refractivity contribution in [3.63, 3.8) is 0 Å². The monoisotopic (exact) mass is 214 g/mol. The first-order chi connectivity index (χ1) is 6.43. The maximum Gasteiger partial charge on any atom is 0.164 e. The van der Waals surface area contributed by atoms with Gasteiger partial charge in [-0.15, -0.1) is 0 Å². The lowest BCUT2D eigenvalue weighted by molar-refractivity contribution is 0.230. The Balaban J connectivity index is 3.22. The Labute approximate surface area is 89.5 Å². The highest BCUT2D eigenvalue weighted by Crippen LogP contribution is 2.38. The lowest BCUT2D eigenvalue weighted by Gasteiger charge is -2.16. The van der Waals surface area contributed by atoms with Crippen LogP contribution in [0.2, 0.25) is 5.02 Å². The molecule has 78 valence electrons. The summed E-state index contributed by atoms with van der Waals surface area (Å²) in [4.78, 5) is 0. The van der Waals surface area contributed by atoms with Gasteiger partial charge in [0.15, 0.2) is 11.5 Å². The minimum atomic E-state index is 0.0418. The van der Waals surface area contributed by atoms with Crippen LogP contribution in [0, 0.1) is 13.8 Å². The number of aryl methyl sites for hydroxylation is 1. The van der Waals surface area contributed by atoms with Crippen LogP contribution in [0.25, 0.3) is 0 Å². The molecule has 0 saturated carbocycles. The van der Waals surface area contributed by atoms with Crippen LogP contribution in [-0.4, -0.2) is 11.2 Å². The molecule has 0 aliphatic rings. The summed E-state index contributed by atoms with van der Waals surface area (Å²) < 4.78 is 5.50. The molecule has 0 aliphatic heterocycles. The van der Waals surface area contributed by atoms with E-state index in [1.807, 2.05) is 20.8 Å². The largest absolute Gasteiger partial charge is 0.504 e. The van der Waals surface area contributed by atoms with Crippen molar-refractivity contribution < 1.29 is 9.84 Å². The average Bonchev–Trinajstić information content (AvgIpc) is 2.09. The molecular weight excluding hydrogens is 200 g/mol. The van der Waals surface area contributed by atoms with Gasteiger partial charge in [-0.1, -0.05) is 11.6 Å². The van der Waals surface area contributed by atoms with Gasteiger partial charge in [0.25, 0.3) is 0 Å². The van der Waals surface area contributed by atoms with Gasteiger partial charge in [0.05, 0.1) is 6.10 Å². The molecule has 1 aromatic rings. The predicted molar refractivity (Wildman–Crippen MR) is 58.4 cm³/mol. The summed E-state index contributed by atoms with van der Waals surface area (Å²) in [5.74, 6) is 0.672. The van der Waals surface area contributed by atoms with E-state index in [4.69, 9.17) is 16.3 Å². The van der Waals surface area contributed by atoms with Crippen LogP contribution in [0.15, 0.2) is 6.07 Å². The Morgan fingerprint density at radius 2 is 1.93 bits per heavy atom. The number of phenols is 1.